The van der Waals surface area contributed by atoms with E-state index in [9.17, 15) is 4.79 Å². The molecule has 3 N–H and O–H groups in total. The van der Waals surface area contributed by atoms with Crippen molar-refractivity contribution in [3.8, 4) is 0 Å². The van der Waals surface area contributed by atoms with Crippen LogP contribution in [-0.2, 0) is 6.54 Å². The molecule has 1 aliphatic carbocycles. The molecule has 18 heavy (non-hydrogen) atoms. The molecule has 0 aliphatic heterocycles. The number of hydrogen-bond acceptors (Lipinski definition) is 3. The summed E-state index contributed by atoms with van der Waals surface area (Å²) < 4.78 is 1.85. The van der Waals surface area contributed by atoms with Gasteiger partial charge in [0.05, 0.1) is 11.8 Å². The lowest BCUT2D eigenvalue weighted by Gasteiger charge is -2.39. The van der Waals surface area contributed by atoms with Gasteiger partial charge in [0, 0.05) is 17.8 Å². The fraction of sp³-hybridized carbons (Fsp3) is 0.692. The second-order valence-electron chi connectivity index (χ2n) is 5.38. The van der Waals surface area contributed by atoms with E-state index in [0.29, 0.717) is 12.1 Å². The molecule has 1 amide bonds. The normalized spacial score (nSPS) is 17.3. The highest BCUT2D eigenvalue weighted by atomic mass is 16.1. The van der Waals surface area contributed by atoms with Gasteiger partial charge in [0.15, 0.2) is 0 Å². The van der Waals surface area contributed by atoms with E-state index in [1.807, 2.05) is 11.6 Å². The fourth-order valence-corrected chi connectivity index (χ4v) is 2.31. The van der Waals surface area contributed by atoms with Crippen LogP contribution in [0, 0.1) is 6.92 Å². The van der Waals surface area contributed by atoms with Crippen molar-refractivity contribution in [1.29, 1.82) is 0 Å². The Morgan fingerprint density at radius 1 is 1.61 bits per heavy atom. The number of carbonyl (C=O) groups excluding carboxylic acids is 1. The Hall–Kier alpha value is -1.36. The van der Waals surface area contributed by atoms with Gasteiger partial charge in [-0.05, 0) is 46.1 Å². The zero-order valence-corrected chi connectivity index (χ0v) is 11.2. The van der Waals surface area contributed by atoms with Crippen LogP contribution in [0.2, 0.25) is 0 Å². The molecular formula is C13H22N4O. The Kier molecular flexibility index (Phi) is 3.71. The van der Waals surface area contributed by atoms with Crippen LogP contribution in [0.5, 0.6) is 0 Å². The van der Waals surface area contributed by atoms with E-state index in [0.717, 1.165) is 31.5 Å². The molecule has 5 nitrogen and oxygen atoms in total. The van der Waals surface area contributed by atoms with Gasteiger partial charge in [-0.1, -0.05) is 0 Å². The van der Waals surface area contributed by atoms with Crippen LogP contribution >= 0.6 is 0 Å². The zero-order valence-electron chi connectivity index (χ0n) is 11.2. The number of aryl methyl sites for hydroxylation is 1. The number of carbonyl (C=O) groups is 1. The molecule has 5 heteroatoms. The predicted octanol–water partition coefficient (Wildman–Crippen LogP) is 1.21. The monoisotopic (exact) mass is 250 g/mol. The Labute approximate surface area is 108 Å². The molecule has 1 fully saturated rings. The molecule has 2 rings (SSSR count). The van der Waals surface area contributed by atoms with Crippen molar-refractivity contribution < 1.29 is 4.79 Å². The highest BCUT2D eigenvalue weighted by molar-refractivity contribution is 5.95. The van der Waals surface area contributed by atoms with Crippen molar-refractivity contribution in [2.45, 2.75) is 51.6 Å². The lowest BCUT2D eigenvalue weighted by Crippen LogP contribution is -2.51. The van der Waals surface area contributed by atoms with Gasteiger partial charge in [-0.25, -0.2) is 0 Å². The number of hydrogen-bond donors (Lipinski definition) is 2. The summed E-state index contributed by atoms with van der Waals surface area (Å²) in [6.07, 6.45) is 5.87. The highest BCUT2D eigenvalue weighted by Crippen LogP contribution is 2.31. The van der Waals surface area contributed by atoms with Crippen LogP contribution < -0.4 is 11.1 Å². The summed E-state index contributed by atoms with van der Waals surface area (Å²) in [7, 11) is 0. The minimum absolute atomic E-state index is 0.00583. The summed E-state index contributed by atoms with van der Waals surface area (Å²) in [6, 6.07) is 0. The third kappa shape index (κ3) is 2.56. The van der Waals surface area contributed by atoms with Crippen molar-refractivity contribution in [2.75, 3.05) is 6.54 Å². The molecule has 1 saturated carbocycles. The van der Waals surface area contributed by atoms with Gasteiger partial charge < -0.3 is 11.1 Å². The van der Waals surface area contributed by atoms with Crippen molar-refractivity contribution in [3.05, 3.63) is 17.5 Å². The van der Waals surface area contributed by atoms with E-state index in [1.165, 1.54) is 6.42 Å². The van der Waals surface area contributed by atoms with Crippen LogP contribution in [0.15, 0.2) is 6.20 Å². The van der Waals surface area contributed by atoms with Crippen LogP contribution in [0.25, 0.3) is 0 Å². The minimum atomic E-state index is -0.0110. The second-order valence-corrected chi connectivity index (χ2v) is 5.38. The molecule has 0 aromatic carbocycles. The molecule has 0 bridgehead atoms. The third-order valence-electron chi connectivity index (χ3n) is 3.79. The van der Waals surface area contributed by atoms with Gasteiger partial charge in [0.2, 0.25) is 0 Å². The van der Waals surface area contributed by atoms with Gasteiger partial charge in [0.25, 0.3) is 5.91 Å². The average molecular weight is 250 g/mol. The molecule has 0 radical (unpaired) electrons. The number of nitrogens with one attached hydrogen (secondary N) is 1. The average Bonchev–Trinajstić information content (AvgIpc) is 2.66. The molecular weight excluding hydrogens is 228 g/mol. The topological polar surface area (TPSA) is 72.9 Å². The summed E-state index contributed by atoms with van der Waals surface area (Å²) >= 11 is 0. The first-order valence-electron chi connectivity index (χ1n) is 6.61. The quantitative estimate of drug-likeness (QED) is 0.825. The number of amides is 1. The summed E-state index contributed by atoms with van der Waals surface area (Å²) in [4.78, 5) is 12.2. The second kappa shape index (κ2) is 5.10. The van der Waals surface area contributed by atoms with Gasteiger partial charge >= 0.3 is 0 Å². The molecule has 1 aromatic heterocycles. The van der Waals surface area contributed by atoms with E-state index >= 15 is 0 Å². The van der Waals surface area contributed by atoms with Crippen molar-refractivity contribution in [1.82, 2.24) is 15.1 Å². The molecule has 0 spiro atoms. The number of nitrogens with zero attached hydrogens (tertiary/aromatic N) is 2. The summed E-state index contributed by atoms with van der Waals surface area (Å²) in [5.74, 6) is -0.00583. The van der Waals surface area contributed by atoms with E-state index in [4.69, 9.17) is 5.73 Å². The summed E-state index contributed by atoms with van der Waals surface area (Å²) in [5, 5.41) is 7.35. The maximum atomic E-state index is 12.2. The molecule has 0 saturated heterocycles. The Balaban J connectivity index is 2.03. The number of aromatic nitrogens is 2. The Bertz CT molecular complexity index is 434. The van der Waals surface area contributed by atoms with Crippen LogP contribution in [0.1, 0.15) is 48.7 Å². The summed E-state index contributed by atoms with van der Waals surface area (Å²) in [6.45, 7) is 5.44. The van der Waals surface area contributed by atoms with E-state index in [2.05, 4.69) is 17.3 Å². The molecule has 0 atom stereocenters. The molecule has 1 aliphatic rings. The van der Waals surface area contributed by atoms with E-state index in [1.54, 1.807) is 6.20 Å². The smallest absolute Gasteiger partial charge is 0.255 e. The Morgan fingerprint density at radius 3 is 2.89 bits per heavy atom. The largest absolute Gasteiger partial charge is 0.347 e. The molecule has 1 heterocycles. The van der Waals surface area contributed by atoms with Gasteiger partial charge in [-0.2, -0.15) is 5.10 Å². The first-order valence-corrected chi connectivity index (χ1v) is 6.61. The van der Waals surface area contributed by atoms with Crippen LogP contribution in [-0.4, -0.2) is 27.8 Å². The number of nitrogens with two attached hydrogens (primary N) is 1. The predicted molar refractivity (Wildman–Crippen MR) is 70.4 cm³/mol. The standard InChI is InChI=1S/C13H22N4O/c1-10-11(9-15-17(10)8-4-7-14)12(18)16-13(2)5-3-6-13/h9H,3-8,14H2,1-2H3,(H,16,18). The maximum Gasteiger partial charge on any atom is 0.255 e. The van der Waals surface area contributed by atoms with Gasteiger partial charge in [-0.3, -0.25) is 9.48 Å². The van der Waals surface area contributed by atoms with E-state index < -0.39 is 0 Å². The zero-order chi connectivity index (χ0) is 13.2. The van der Waals surface area contributed by atoms with Crippen molar-refractivity contribution in [3.63, 3.8) is 0 Å². The van der Waals surface area contributed by atoms with Crippen LogP contribution in [0.4, 0.5) is 0 Å². The Morgan fingerprint density at radius 2 is 2.33 bits per heavy atom. The van der Waals surface area contributed by atoms with Crippen LogP contribution in [0.3, 0.4) is 0 Å². The van der Waals surface area contributed by atoms with Gasteiger partial charge in [-0.15, -0.1) is 0 Å². The van der Waals surface area contributed by atoms with Gasteiger partial charge in [0.1, 0.15) is 0 Å². The maximum absolute atomic E-state index is 12.2. The van der Waals surface area contributed by atoms with E-state index in [-0.39, 0.29) is 11.4 Å². The first-order chi connectivity index (χ1) is 8.56. The lowest BCUT2D eigenvalue weighted by molar-refractivity contribution is 0.0849. The molecule has 100 valence electrons. The van der Waals surface area contributed by atoms with Crippen molar-refractivity contribution in [2.24, 2.45) is 5.73 Å². The summed E-state index contributed by atoms with van der Waals surface area (Å²) in [5.41, 5.74) is 7.07. The van der Waals surface area contributed by atoms with Crippen molar-refractivity contribution >= 4 is 5.91 Å². The minimum Gasteiger partial charge on any atom is -0.347 e. The molecule has 0 unspecified atom stereocenters. The number of rotatable bonds is 5. The highest BCUT2D eigenvalue weighted by Gasteiger charge is 2.34. The SMILES string of the molecule is Cc1c(C(=O)NC2(C)CCC2)cnn1CCCN. The lowest BCUT2D eigenvalue weighted by atomic mass is 9.78. The molecule has 1 aromatic rings. The first kappa shape index (κ1) is 13.1. The fourth-order valence-electron chi connectivity index (χ4n) is 2.31. The third-order valence-corrected chi connectivity index (χ3v) is 3.79.